The van der Waals surface area contributed by atoms with Crippen LogP contribution in [0.3, 0.4) is 0 Å². The molecule has 0 aliphatic carbocycles. The Bertz CT molecular complexity index is 543. The predicted molar refractivity (Wildman–Crippen MR) is 72.8 cm³/mol. The van der Waals surface area contributed by atoms with Gasteiger partial charge in [0.25, 0.3) is 0 Å². The van der Waals surface area contributed by atoms with Gasteiger partial charge in [-0.25, -0.2) is 4.98 Å². The number of imidazole rings is 1. The minimum atomic E-state index is 0.146. The van der Waals surface area contributed by atoms with Crippen molar-refractivity contribution < 1.29 is 4.79 Å². The van der Waals surface area contributed by atoms with Gasteiger partial charge < -0.3 is 10.2 Å². The van der Waals surface area contributed by atoms with E-state index in [1.54, 1.807) is 30.3 Å². The van der Waals surface area contributed by atoms with Crippen LogP contribution >= 0.6 is 11.3 Å². The lowest BCUT2D eigenvalue weighted by Gasteiger charge is -2.10. The van der Waals surface area contributed by atoms with Crippen LogP contribution in [-0.4, -0.2) is 40.8 Å². The second kappa shape index (κ2) is 5.49. The van der Waals surface area contributed by atoms with Crippen LogP contribution in [0.25, 0.3) is 4.96 Å². The first kappa shape index (κ1) is 13.0. The zero-order valence-corrected chi connectivity index (χ0v) is 11.8. The van der Waals surface area contributed by atoms with E-state index >= 15 is 0 Å². The molecule has 0 atom stereocenters. The molecule has 0 saturated carbocycles. The van der Waals surface area contributed by atoms with Crippen LogP contribution in [0.1, 0.15) is 17.8 Å². The zero-order chi connectivity index (χ0) is 13.1. The molecule has 2 heterocycles. The van der Waals surface area contributed by atoms with Crippen molar-refractivity contribution in [1.82, 2.24) is 19.6 Å². The highest BCUT2D eigenvalue weighted by atomic mass is 32.1. The van der Waals surface area contributed by atoms with Crippen LogP contribution in [-0.2, 0) is 11.3 Å². The number of nitrogens with zero attached hydrogens (tertiary/aromatic N) is 3. The van der Waals surface area contributed by atoms with Gasteiger partial charge in [0.15, 0.2) is 4.96 Å². The van der Waals surface area contributed by atoms with E-state index in [4.69, 9.17) is 0 Å². The van der Waals surface area contributed by atoms with Crippen LogP contribution in [0.4, 0.5) is 0 Å². The van der Waals surface area contributed by atoms with E-state index in [0.717, 1.165) is 17.2 Å². The molecule has 2 aromatic rings. The van der Waals surface area contributed by atoms with E-state index < -0.39 is 0 Å². The van der Waals surface area contributed by atoms with Crippen molar-refractivity contribution in [3.63, 3.8) is 0 Å². The lowest BCUT2D eigenvalue weighted by molar-refractivity contribution is -0.128. The van der Waals surface area contributed by atoms with Crippen LogP contribution in [0.2, 0.25) is 0 Å². The molecular formula is C12H18N4OS. The van der Waals surface area contributed by atoms with Gasteiger partial charge in [0.2, 0.25) is 5.91 Å². The van der Waals surface area contributed by atoms with Crippen LogP contribution in [0.15, 0.2) is 11.6 Å². The van der Waals surface area contributed by atoms with Crippen molar-refractivity contribution in [2.45, 2.75) is 19.9 Å². The van der Waals surface area contributed by atoms with Crippen LogP contribution in [0, 0.1) is 6.92 Å². The number of hydrogen-bond donors (Lipinski definition) is 1. The van der Waals surface area contributed by atoms with Crippen molar-refractivity contribution in [1.29, 1.82) is 0 Å². The molecule has 6 heteroatoms. The number of carbonyl (C=O) groups is 1. The predicted octanol–water partition coefficient (Wildman–Crippen LogP) is 1.27. The summed E-state index contributed by atoms with van der Waals surface area (Å²) in [4.78, 5) is 18.5. The molecule has 0 saturated heterocycles. The lowest BCUT2D eigenvalue weighted by atomic mass is 10.3. The summed E-state index contributed by atoms with van der Waals surface area (Å²) in [5.74, 6) is 0.146. The van der Waals surface area contributed by atoms with E-state index in [1.165, 1.54) is 5.69 Å². The third kappa shape index (κ3) is 2.70. The summed E-state index contributed by atoms with van der Waals surface area (Å²) in [6.07, 6.45) is 2.56. The molecule has 0 unspecified atom stereocenters. The molecule has 0 aliphatic heterocycles. The molecule has 0 radical (unpaired) electrons. The number of fused-ring (bicyclic) bond motifs is 1. The largest absolute Gasteiger partial charge is 0.349 e. The average molecular weight is 266 g/mol. The van der Waals surface area contributed by atoms with Gasteiger partial charge in [0, 0.05) is 45.2 Å². The zero-order valence-electron chi connectivity index (χ0n) is 10.9. The molecule has 1 N–H and O–H groups in total. The summed E-state index contributed by atoms with van der Waals surface area (Å²) in [5, 5.41) is 5.32. The van der Waals surface area contributed by atoms with Gasteiger partial charge in [0.1, 0.15) is 0 Å². The van der Waals surface area contributed by atoms with E-state index in [1.807, 2.05) is 18.5 Å². The Labute approximate surface area is 110 Å². The number of thiazole rings is 1. The molecule has 0 bridgehead atoms. The van der Waals surface area contributed by atoms with Crippen molar-refractivity contribution in [2.24, 2.45) is 0 Å². The Hall–Kier alpha value is -1.40. The number of aromatic nitrogens is 2. The average Bonchev–Trinajstić information content (AvgIpc) is 2.86. The first-order valence-electron chi connectivity index (χ1n) is 5.91. The molecule has 2 aromatic heterocycles. The second-order valence-corrected chi connectivity index (χ2v) is 5.29. The molecule has 0 spiro atoms. The highest BCUT2D eigenvalue weighted by molar-refractivity contribution is 7.15. The van der Waals surface area contributed by atoms with E-state index in [2.05, 4.69) is 14.7 Å². The fourth-order valence-corrected chi connectivity index (χ4v) is 2.56. The maximum atomic E-state index is 11.4. The monoisotopic (exact) mass is 266 g/mol. The van der Waals surface area contributed by atoms with E-state index in [0.29, 0.717) is 13.0 Å². The Kier molecular flexibility index (Phi) is 3.98. The quantitative estimate of drug-likeness (QED) is 0.829. The molecule has 2 rings (SSSR count). The number of hydrogen-bond acceptors (Lipinski definition) is 4. The standard InChI is InChI=1S/C12H18N4OS/c1-9-10(16-6-7-18-12(16)14-9)8-13-5-4-11(17)15(2)3/h6-7,13H,4-5,8H2,1-3H3. The fraction of sp³-hybridized carbons (Fsp3) is 0.500. The number of nitrogens with one attached hydrogen (secondary N) is 1. The molecule has 0 fully saturated rings. The molecule has 0 aliphatic rings. The first-order chi connectivity index (χ1) is 8.59. The Morgan fingerprint density at radius 3 is 3.06 bits per heavy atom. The molecule has 18 heavy (non-hydrogen) atoms. The van der Waals surface area contributed by atoms with Crippen molar-refractivity contribution >= 4 is 22.2 Å². The van der Waals surface area contributed by atoms with Crippen molar-refractivity contribution in [3.8, 4) is 0 Å². The SMILES string of the molecule is Cc1nc2sccn2c1CNCCC(=O)N(C)C. The molecule has 98 valence electrons. The van der Waals surface area contributed by atoms with Gasteiger partial charge in [-0.05, 0) is 6.92 Å². The molecule has 1 amide bonds. The highest BCUT2D eigenvalue weighted by Crippen LogP contribution is 2.16. The van der Waals surface area contributed by atoms with Gasteiger partial charge in [-0.15, -0.1) is 11.3 Å². The van der Waals surface area contributed by atoms with Gasteiger partial charge in [-0.2, -0.15) is 0 Å². The third-order valence-corrected chi connectivity index (χ3v) is 3.62. The topological polar surface area (TPSA) is 49.6 Å². The first-order valence-corrected chi connectivity index (χ1v) is 6.79. The number of aryl methyl sites for hydroxylation is 1. The van der Waals surface area contributed by atoms with Gasteiger partial charge in [-0.1, -0.05) is 0 Å². The Balaban J connectivity index is 1.88. The summed E-state index contributed by atoms with van der Waals surface area (Å²) >= 11 is 1.63. The molecule has 5 nitrogen and oxygen atoms in total. The number of carbonyl (C=O) groups excluding carboxylic acids is 1. The minimum absolute atomic E-state index is 0.146. The maximum Gasteiger partial charge on any atom is 0.223 e. The van der Waals surface area contributed by atoms with Gasteiger partial charge in [-0.3, -0.25) is 9.20 Å². The summed E-state index contributed by atoms with van der Waals surface area (Å²) in [7, 11) is 3.55. The summed E-state index contributed by atoms with van der Waals surface area (Å²) in [6, 6.07) is 0. The van der Waals surface area contributed by atoms with E-state index in [-0.39, 0.29) is 5.91 Å². The Morgan fingerprint density at radius 2 is 2.33 bits per heavy atom. The summed E-state index contributed by atoms with van der Waals surface area (Å²) in [6.45, 7) is 3.44. The minimum Gasteiger partial charge on any atom is -0.349 e. The molecular weight excluding hydrogens is 248 g/mol. The number of amides is 1. The smallest absolute Gasteiger partial charge is 0.223 e. The lowest BCUT2D eigenvalue weighted by Crippen LogP contribution is -2.26. The van der Waals surface area contributed by atoms with Crippen molar-refractivity contribution in [3.05, 3.63) is 23.0 Å². The summed E-state index contributed by atoms with van der Waals surface area (Å²) < 4.78 is 2.10. The summed E-state index contributed by atoms with van der Waals surface area (Å²) in [5.41, 5.74) is 2.22. The fourth-order valence-electron chi connectivity index (χ4n) is 1.78. The maximum absolute atomic E-state index is 11.4. The van der Waals surface area contributed by atoms with E-state index in [9.17, 15) is 4.79 Å². The number of rotatable bonds is 5. The molecule has 0 aromatic carbocycles. The van der Waals surface area contributed by atoms with Crippen molar-refractivity contribution in [2.75, 3.05) is 20.6 Å². The highest BCUT2D eigenvalue weighted by Gasteiger charge is 2.09. The Morgan fingerprint density at radius 1 is 1.56 bits per heavy atom. The third-order valence-electron chi connectivity index (χ3n) is 2.87. The normalized spacial score (nSPS) is 11.1. The second-order valence-electron chi connectivity index (χ2n) is 4.41. The van der Waals surface area contributed by atoms with Crippen LogP contribution in [0.5, 0.6) is 0 Å². The van der Waals surface area contributed by atoms with Gasteiger partial charge >= 0.3 is 0 Å². The van der Waals surface area contributed by atoms with Crippen LogP contribution < -0.4 is 5.32 Å². The van der Waals surface area contributed by atoms with Gasteiger partial charge in [0.05, 0.1) is 11.4 Å².